The van der Waals surface area contributed by atoms with E-state index in [0.29, 0.717) is 12.3 Å². The molecule has 0 aromatic carbocycles. The van der Waals surface area contributed by atoms with Crippen molar-refractivity contribution in [2.45, 2.75) is 111 Å². The Hall–Kier alpha value is -0.0800. The van der Waals surface area contributed by atoms with Gasteiger partial charge in [0.25, 0.3) is 0 Å². The molecule has 1 fully saturated rings. The smallest absolute Gasteiger partial charge is 0.0677 e. The molecule has 1 saturated carbocycles. The van der Waals surface area contributed by atoms with Crippen LogP contribution in [0.25, 0.3) is 0 Å². The fraction of sp³-hybridized carbons (Fsp3) is 1.00. The molecule has 1 rings (SSSR count). The zero-order valence-electron chi connectivity index (χ0n) is 16.6. The molecule has 1 aliphatic carbocycles. The Kier molecular flexibility index (Phi) is 8.07. The lowest BCUT2D eigenvalue weighted by molar-refractivity contribution is -0.133. The van der Waals surface area contributed by atoms with Crippen LogP contribution in [0.2, 0.25) is 0 Å². The molecular formula is C21H42O2. The van der Waals surface area contributed by atoms with Gasteiger partial charge in [-0.15, -0.1) is 0 Å². The van der Waals surface area contributed by atoms with Crippen molar-refractivity contribution in [3.05, 3.63) is 0 Å². The van der Waals surface area contributed by atoms with Crippen molar-refractivity contribution < 1.29 is 10.2 Å². The van der Waals surface area contributed by atoms with Crippen LogP contribution in [0.15, 0.2) is 0 Å². The molecule has 138 valence electrons. The average molecular weight is 327 g/mol. The van der Waals surface area contributed by atoms with Crippen molar-refractivity contribution in [3.63, 3.8) is 0 Å². The highest BCUT2D eigenvalue weighted by Crippen LogP contribution is 2.48. The summed E-state index contributed by atoms with van der Waals surface area (Å²) in [6.07, 6.45) is 9.94. The van der Waals surface area contributed by atoms with E-state index in [0.717, 1.165) is 24.7 Å². The molecule has 2 nitrogen and oxygen atoms in total. The molecule has 0 aromatic heterocycles. The Morgan fingerprint density at radius 3 is 2.04 bits per heavy atom. The molecule has 0 aromatic rings. The van der Waals surface area contributed by atoms with E-state index in [2.05, 4.69) is 34.6 Å². The molecule has 0 saturated heterocycles. The van der Waals surface area contributed by atoms with Gasteiger partial charge in [0.15, 0.2) is 0 Å². The standard InChI is InChI=1S/C21H42O2/c1-7-9-16(2)10-8-11-17(3)12-13-19-20(4,5)14-18(22)15-21(19,6)23/h16-19,22-23H,7-15H2,1-6H3/t16-,17-,18+,19?,21-/m1/s1. The van der Waals surface area contributed by atoms with Gasteiger partial charge in [-0.25, -0.2) is 0 Å². The van der Waals surface area contributed by atoms with Gasteiger partial charge >= 0.3 is 0 Å². The first kappa shape index (κ1) is 21.0. The van der Waals surface area contributed by atoms with Crippen LogP contribution in [-0.2, 0) is 0 Å². The summed E-state index contributed by atoms with van der Waals surface area (Å²) in [7, 11) is 0. The molecule has 2 heteroatoms. The van der Waals surface area contributed by atoms with Crippen LogP contribution in [0.4, 0.5) is 0 Å². The van der Waals surface area contributed by atoms with Gasteiger partial charge < -0.3 is 10.2 Å². The summed E-state index contributed by atoms with van der Waals surface area (Å²) in [6, 6.07) is 0. The minimum Gasteiger partial charge on any atom is -0.393 e. The lowest BCUT2D eigenvalue weighted by Gasteiger charge is -2.50. The predicted octanol–water partition coefficient (Wildman–Crippen LogP) is 5.56. The Morgan fingerprint density at radius 2 is 1.52 bits per heavy atom. The summed E-state index contributed by atoms with van der Waals surface area (Å²) in [4.78, 5) is 0. The van der Waals surface area contributed by atoms with E-state index in [1.165, 1.54) is 38.5 Å². The van der Waals surface area contributed by atoms with E-state index in [1.54, 1.807) is 0 Å². The van der Waals surface area contributed by atoms with Gasteiger partial charge in [0, 0.05) is 6.42 Å². The van der Waals surface area contributed by atoms with E-state index in [1.807, 2.05) is 6.92 Å². The number of aliphatic hydroxyl groups excluding tert-OH is 1. The van der Waals surface area contributed by atoms with Gasteiger partial charge in [-0.3, -0.25) is 0 Å². The number of rotatable bonds is 9. The van der Waals surface area contributed by atoms with E-state index in [4.69, 9.17) is 0 Å². The molecule has 1 aliphatic rings. The van der Waals surface area contributed by atoms with Crippen LogP contribution < -0.4 is 0 Å². The highest BCUT2D eigenvalue weighted by atomic mass is 16.3. The van der Waals surface area contributed by atoms with Crippen molar-refractivity contribution in [1.82, 2.24) is 0 Å². The Labute approximate surface area is 145 Å². The van der Waals surface area contributed by atoms with Crippen molar-refractivity contribution in [2.75, 3.05) is 0 Å². The maximum absolute atomic E-state index is 10.8. The summed E-state index contributed by atoms with van der Waals surface area (Å²) >= 11 is 0. The lowest BCUT2D eigenvalue weighted by Crippen LogP contribution is -2.51. The fourth-order valence-corrected chi connectivity index (χ4v) is 5.03. The molecule has 0 amide bonds. The topological polar surface area (TPSA) is 40.5 Å². The molecule has 2 N–H and O–H groups in total. The monoisotopic (exact) mass is 326 g/mol. The van der Waals surface area contributed by atoms with E-state index in [9.17, 15) is 10.2 Å². The average Bonchev–Trinajstić information content (AvgIpc) is 2.35. The third-order valence-corrected chi connectivity index (χ3v) is 6.23. The van der Waals surface area contributed by atoms with Crippen LogP contribution >= 0.6 is 0 Å². The maximum atomic E-state index is 10.8. The minimum absolute atomic E-state index is 0.0243. The van der Waals surface area contributed by atoms with Gasteiger partial charge in [0.05, 0.1) is 11.7 Å². The number of hydrogen-bond acceptors (Lipinski definition) is 2. The second kappa shape index (κ2) is 8.85. The molecule has 0 radical (unpaired) electrons. The minimum atomic E-state index is -0.726. The number of aliphatic hydroxyl groups is 2. The van der Waals surface area contributed by atoms with Crippen LogP contribution in [0.5, 0.6) is 0 Å². The third-order valence-electron chi connectivity index (χ3n) is 6.23. The first-order valence-corrected chi connectivity index (χ1v) is 9.99. The van der Waals surface area contributed by atoms with Gasteiger partial charge in [-0.1, -0.05) is 73.1 Å². The van der Waals surface area contributed by atoms with Crippen molar-refractivity contribution in [1.29, 1.82) is 0 Å². The summed E-state index contributed by atoms with van der Waals surface area (Å²) in [5.41, 5.74) is -0.701. The van der Waals surface area contributed by atoms with Gasteiger partial charge in [0.2, 0.25) is 0 Å². The highest BCUT2D eigenvalue weighted by Gasteiger charge is 2.48. The fourth-order valence-electron chi connectivity index (χ4n) is 5.03. The van der Waals surface area contributed by atoms with Gasteiger partial charge in [-0.05, 0) is 42.9 Å². The highest BCUT2D eigenvalue weighted by molar-refractivity contribution is 4.98. The van der Waals surface area contributed by atoms with E-state index >= 15 is 0 Å². The zero-order valence-corrected chi connectivity index (χ0v) is 16.6. The third kappa shape index (κ3) is 6.74. The molecule has 0 spiro atoms. The molecule has 23 heavy (non-hydrogen) atoms. The molecule has 0 heterocycles. The summed E-state index contributed by atoms with van der Waals surface area (Å²) in [6.45, 7) is 13.4. The number of hydrogen-bond donors (Lipinski definition) is 2. The van der Waals surface area contributed by atoms with Gasteiger partial charge in [-0.2, -0.15) is 0 Å². The summed E-state index contributed by atoms with van der Waals surface area (Å²) in [5, 5.41) is 20.8. The maximum Gasteiger partial charge on any atom is 0.0677 e. The first-order chi connectivity index (χ1) is 10.6. The van der Waals surface area contributed by atoms with Gasteiger partial charge in [0.1, 0.15) is 0 Å². The van der Waals surface area contributed by atoms with Crippen molar-refractivity contribution in [2.24, 2.45) is 23.2 Å². The van der Waals surface area contributed by atoms with Crippen LogP contribution in [0.1, 0.15) is 99.3 Å². The molecule has 1 unspecified atom stereocenters. The van der Waals surface area contributed by atoms with Crippen molar-refractivity contribution >= 4 is 0 Å². The summed E-state index contributed by atoms with van der Waals surface area (Å²) in [5.74, 6) is 1.90. The van der Waals surface area contributed by atoms with E-state index in [-0.39, 0.29) is 11.5 Å². The van der Waals surface area contributed by atoms with Crippen molar-refractivity contribution in [3.8, 4) is 0 Å². The Balaban J connectivity index is 2.40. The quantitative estimate of drug-likeness (QED) is 0.582. The molecular weight excluding hydrogens is 284 g/mol. The van der Waals surface area contributed by atoms with Crippen LogP contribution in [0, 0.1) is 23.2 Å². The SMILES string of the molecule is CCC[C@@H](C)CCC[C@@H](C)CCC1C(C)(C)C[C@H](O)C[C@@]1(C)O. The second-order valence-electron chi connectivity index (χ2n) is 9.47. The zero-order chi connectivity index (χ0) is 17.7. The first-order valence-electron chi connectivity index (χ1n) is 9.99. The second-order valence-corrected chi connectivity index (χ2v) is 9.47. The summed E-state index contributed by atoms with van der Waals surface area (Å²) < 4.78 is 0. The Bertz CT molecular complexity index is 317. The molecule has 0 aliphatic heterocycles. The predicted molar refractivity (Wildman–Crippen MR) is 99.5 cm³/mol. The van der Waals surface area contributed by atoms with Crippen LogP contribution in [-0.4, -0.2) is 21.9 Å². The normalized spacial score (nSPS) is 33.4. The van der Waals surface area contributed by atoms with E-state index < -0.39 is 5.60 Å². The molecule has 5 atom stereocenters. The Morgan fingerprint density at radius 1 is 0.957 bits per heavy atom. The lowest BCUT2D eigenvalue weighted by atomic mass is 9.59. The largest absolute Gasteiger partial charge is 0.393 e. The van der Waals surface area contributed by atoms with Crippen LogP contribution in [0.3, 0.4) is 0 Å². The molecule has 0 bridgehead atoms.